The Kier molecular flexibility index (Phi) is 4.76. The SMILES string of the molecule is CC[C@H]1CCc2c(sc(NC(=O)/C=C/C(=O)O)c2C#N)C1. The molecule has 6 heteroatoms. The van der Waals surface area contributed by atoms with Gasteiger partial charge in [-0.2, -0.15) is 5.26 Å². The van der Waals surface area contributed by atoms with Crippen LogP contribution >= 0.6 is 11.3 Å². The summed E-state index contributed by atoms with van der Waals surface area (Å²) in [5.74, 6) is -1.07. The highest BCUT2D eigenvalue weighted by Gasteiger charge is 2.25. The van der Waals surface area contributed by atoms with Gasteiger partial charge in [0.1, 0.15) is 11.1 Å². The zero-order chi connectivity index (χ0) is 15.4. The second-order valence-electron chi connectivity index (χ2n) is 5.00. The average Bonchev–Trinajstić information content (AvgIpc) is 2.80. The number of hydrogen-bond donors (Lipinski definition) is 2. The van der Waals surface area contributed by atoms with Gasteiger partial charge in [-0.3, -0.25) is 4.79 Å². The number of carbonyl (C=O) groups is 2. The van der Waals surface area contributed by atoms with Gasteiger partial charge < -0.3 is 10.4 Å². The topological polar surface area (TPSA) is 90.2 Å². The van der Waals surface area contributed by atoms with Crippen LogP contribution in [0.25, 0.3) is 0 Å². The van der Waals surface area contributed by atoms with Gasteiger partial charge in [0.25, 0.3) is 0 Å². The molecule has 0 radical (unpaired) electrons. The standard InChI is InChI=1S/C15H16N2O3S/c1-2-9-3-4-10-11(8-16)15(21-12(10)7-9)17-13(18)5-6-14(19)20/h5-6,9H,2-4,7H2,1H3,(H,17,18)(H,19,20)/b6-5+/t9-/m0/s1. The quantitative estimate of drug-likeness (QED) is 0.837. The molecule has 110 valence electrons. The third-order valence-electron chi connectivity index (χ3n) is 3.67. The summed E-state index contributed by atoms with van der Waals surface area (Å²) in [6.07, 6.45) is 5.74. The van der Waals surface area contributed by atoms with E-state index in [0.717, 1.165) is 43.4 Å². The van der Waals surface area contributed by atoms with E-state index in [1.54, 1.807) is 0 Å². The molecule has 0 bridgehead atoms. The number of fused-ring (bicyclic) bond motifs is 1. The van der Waals surface area contributed by atoms with Gasteiger partial charge in [-0.25, -0.2) is 4.79 Å². The van der Waals surface area contributed by atoms with Crippen LogP contribution in [0, 0.1) is 17.2 Å². The second-order valence-corrected chi connectivity index (χ2v) is 6.10. The van der Waals surface area contributed by atoms with E-state index in [-0.39, 0.29) is 0 Å². The van der Waals surface area contributed by atoms with Crippen LogP contribution in [0.5, 0.6) is 0 Å². The van der Waals surface area contributed by atoms with Crippen molar-refractivity contribution in [3.05, 3.63) is 28.2 Å². The lowest BCUT2D eigenvalue weighted by molar-refractivity contribution is -0.131. The van der Waals surface area contributed by atoms with Crippen LogP contribution < -0.4 is 5.32 Å². The van der Waals surface area contributed by atoms with E-state index < -0.39 is 11.9 Å². The summed E-state index contributed by atoms with van der Waals surface area (Å²) < 4.78 is 0. The maximum Gasteiger partial charge on any atom is 0.328 e. The lowest BCUT2D eigenvalue weighted by Crippen LogP contribution is -2.12. The lowest BCUT2D eigenvalue weighted by atomic mass is 9.86. The molecule has 0 saturated heterocycles. The molecule has 1 amide bonds. The van der Waals surface area contributed by atoms with Crippen LogP contribution in [0.3, 0.4) is 0 Å². The van der Waals surface area contributed by atoms with Gasteiger partial charge in [0.15, 0.2) is 0 Å². The van der Waals surface area contributed by atoms with E-state index in [9.17, 15) is 14.9 Å². The van der Waals surface area contributed by atoms with Gasteiger partial charge in [0.05, 0.1) is 5.56 Å². The number of nitrogens with zero attached hydrogens (tertiary/aromatic N) is 1. The molecule has 5 nitrogen and oxygen atoms in total. The summed E-state index contributed by atoms with van der Waals surface area (Å²) in [5, 5.41) is 21.0. The smallest absolute Gasteiger partial charge is 0.328 e. The van der Waals surface area contributed by atoms with Crippen molar-refractivity contribution in [1.82, 2.24) is 0 Å². The monoisotopic (exact) mass is 304 g/mol. The Morgan fingerprint density at radius 1 is 1.52 bits per heavy atom. The van der Waals surface area contributed by atoms with Crippen molar-refractivity contribution in [3.63, 3.8) is 0 Å². The first-order valence-electron chi connectivity index (χ1n) is 6.81. The molecule has 0 fully saturated rings. The fourth-order valence-corrected chi connectivity index (χ4v) is 3.82. The number of nitrogens with one attached hydrogen (secondary N) is 1. The number of amides is 1. The Labute approximate surface area is 126 Å². The predicted molar refractivity (Wildman–Crippen MR) is 80.2 cm³/mol. The summed E-state index contributed by atoms with van der Waals surface area (Å²) in [5.41, 5.74) is 1.58. The molecule has 1 aliphatic carbocycles. The van der Waals surface area contributed by atoms with E-state index in [0.29, 0.717) is 16.5 Å². The van der Waals surface area contributed by atoms with Gasteiger partial charge in [-0.15, -0.1) is 11.3 Å². The average molecular weight is 304 g/mol. The first-order chi connectivity index (χ1) is 10.0. The summed E-state index contributed by atoms with van der Waals surface area (Å²) in [4.78, 5) is 23.2. The van der Waals surface area contributed by atoms with Crippen LogP contribution in [0.1, 0.15) is 35.8 Å². The number of anilines is 1. The van der Waals surface area contributed by atoms with Crippen LogP contribution in [0.2, 0.25) is 0 Å². The van der Waals surface area contributed by atoms with Crippen molar-refractivity contribution < 1.29 is 14.7 Å². The van der Waals surface area contributed by atoms with E-state index in [4.69, 9.17) is 5.11 Å². The van der Waals surface area contributed by atoms with Crippen molar-refractivity contribution in [1.29, 1.82) is 5.26 Å². The van der Waals surface area contributed by atoms with Crippen LogP contribution in [0.4, 0.5) is 5.00 Å². The normalized spacial score (nSPS) is 17.2. The van der Waals surface area contributed by atoms with Crippen molar-refractivity contribution in [2.24, 2.45) is 5.92 Å². The molecule has 21 heavy (non-hydrogen) atoms. The summed E-state index contributed by atoms with van der Waals surface area (Å²) in [6.45, 7) is 2.16. The molecular weight excluding hydrogens is 288 g/mol. The largest absolute Gasteiger partial charge is 0.478 e. The van der Waals surface area contributed by atoms with E-state index in [1.807, 2.05) is 0 Å². The number of aliphatic carboxylic acids is 1. The second kappa shape index (κ2) is 6.55. The summed E-state index contributed by atoms with van der Waals surface area (Å²) in [7, 11) is 0. The number of rotatable bonds is 4. The number of carboxylic acids is 1. The van der Waals surface area contributed by atoms with Gasteiger partial charge in [0, 0.05) is 17.0 Å². The molecule has 0 aliphatic heterocycles. The Morgan fingerprint density at radius 3 is 2.90 bits per heavy atom. The van der Waals surface area contributed by atoms with Crippen LogP contribution in [-0.2, 0) is 22.4 Å². The van der Waals surface area contributed by atoms with Crippen molar-refractivity contribution >= 4 is 28.2 Å². The van der Waals surface area contributed by atoms with Crippen LogP contribution in [0.15, 0.2) is 12.2 Å². The highest BCUT2D eigenvalue weighted by molar-refractivity contribution is 7.16. The molecule has 1 aromatic rings. The molecule has 1 aliphatic rings. The van der Waals surface area contributed by atoms with E-state index >= 15 is 0 Å². The molecule has 0 saturated carbocycles. The molecule has 0 spiro atoms. The first-order valence-corrected chi connectivity index (χ1v) is 7.63. The van der Waals surface area contributed by atoms with Crippen molar-refractivity contribution in [2.75, 3.05) is 5.32 Å². The Hall–Kier alpha value is -2.13. The van der Waals surface area contributed by atoms with Gasteiger partial charge in [0.2, 0.25) is 5.91 Å². The minimum Gasteiger partial charge on any atom is -0.478 e. The number of hydrogen-bond acceptors (Lipinski definition) is 4. The lowest BCUT2D eigenvalue weighted by Gasteiger charge is -2.20. The minimum atomic E-state index is -1.18. The number of nitriles is 1. The molecule has 1 aromatic heterocycles. The first kappa shape index (κ1) is 15.3. The zero-order valence-electron chi connectivity index (χ0n) is 11.7. The molecule has 0 aromatic carbocycles. The van der Waals surface area contributed by atoms with Crippen molar-refractivity contribution in [3.8, 4) is 6.07 Å². The number of carboxylic acid groups (broad SMARTS) is 1. The molecule has 0 unspecified atom stereocenters. The van der Waals surface area contributed by atoms with E-state index in [1.165, 1.54) is 16.2 Å². The van der Waals surface area contributed by atoms with Crippen LogP contribution in [-0.4, -0.2) is 17.0 Å². The highest BCUT2D eigenvalue weighted by atomic mass is 32.1. The molecule has 2 rings (SSSR count). The molecular formula is C15H16N2O3S. The molecule has 1 atom stereocenters. The molecule has 1 heterocycles. The molecule has 2 N–H and O–H groups in total. The Bertz CT molecular complexity index is 640. The third kappa shape index (κ3) is 3.50. The zero-order valence-corrected chi connectivity index (χ0v) is 12.5. The fourth-order valence-electron chi connectivity index (χ4n) is 2.51. The third-order valence-corrected chi connectivity index (χ3v) is 4.84. The summed E-state index contributed by atoms with van der Waals surface area (Å²) >= 11 is 1.43. The predicted octanol–water partition coefficient (Wildman–Crippen LogP) is 2.71. The number of carbonyl (C=O) groups excluding carboxylic acids is 1. The van der Waals surface area contributed by atoms with Gasteiger partial charge in [-0.05, 0) is 30.7 Å². The maximum absolute atomic E-state index is 11.7. The number of thiophene rings is 1. The fraction of sp³-hybridized carbons (Fsp3) is 0.400. The minimum absolute atomic E-state index is 0.527. The maximum atomic E-state index is 11.7. The van der Waals surface area contributed by atoms with E-state index in [2.05, 4.69) is 18.3 Å². The van der Waals surface area contributed by atoms with Gasteiger partial charge >= 0.3 is 5.97 Å². The highest BCUT2D eigenvalue weighted by Crippen LogP contribution is 2.39. The Balaban J connectivity index is 2.22. The Morgan fingerprint density at radius 2 is 2.29 bits per heavy atom. The van der Waals surface area contributed by atoms with Crippen molar-refractivity contribution in [2.45, 2.75) is 32.6 Å². The summed E-state index contributed by atoms with van der Waals surface area (Å²) in [6, 6.07) is 2.16. The van der Waals surface area contributed by atoms with Gasteiger partial charge in [-0.1, -0.05) is 13.3 Å².